The van der Waals surface area contributed by atoms with Crippen LogP contribution in [0.3, 0.4) is 0 Å². The molecule has 3 aromatic rings. The number of likely N-dealkylation sites (tertiary alicyclic amines) is 1. The van der Waals surface area contributed by atoms with Gasteiger partial charge in [0.05, 0.1) is 5.39 Å². The van der Waals surface area contributed by atoms with Gasteiger partial charge in [0.15, 0.2) is 5.69 Å². The Kier molecular flexibility index (Phi) is 5.12. The summed E-state index contributed by atoms with van der Waals surface area (Å²) in [5.41, 5.74) is 1.01. The molecule has 4 rings (SSSR count). The summed E-state index contributed by atoms with van der Waals surface area (Å²) in [6.45, 7) is 3.70. The summed E-state index contributed by atoms with van der Waals surface area (Å²) in [7, 11) is 0. The van der Waals surface area contributed by atoms with Crippen molar-refractivity contribution in [1.82, 2.24) is 14.7 Å². The van der Waals surface area contributed by atoms with Crippen molar-refractivity contribution in [1.29, 1.82) is 0 Å². The minimum Gasteiger partial charge on any atom is -0.339 e. The molecule has 1 fully saturated rings. The number of carbonyl (C=O) groups excluding carboxylic acids is 2. The number of aromatic nitrogens is 2. The average molecular weight is 390 g/mol. The highest BCUT2D eigenvalue weighted by molar-refractivity contribution is 6.11. The third-order valence-corrected chi connectivity index (χ3v) is 5.14. The molecule has 0 unspecified atom stereocenters. The van der Waals surface area contributed by atoms with Gasteiger partial charge in [0.1, 0.15) is 0 Å². The smallest absolute Gasteiger partial charge is 0.276 e. The second kappa shape index (κ2) is 7.87. The van der Waals surface area contributed by atoms with Gasteiger partial charge >= 0.3 is 0 Å². The van der Waals surface area contributed by atoms with Crippen molar-refractivity contribution in [2.24, 2.45) is 0 Å². The van der Waals surface area contributed by atoms with E-state index in [1.165, 1.54) is 4.68 Å². The Labute approximate surface area is 167 Å². The fourth-order valence-corrected chi connectivity index (χ4v) is 3.64. The van der Waals surface area contributed by atoms with Gasteiger partial charge in [-0.25, -0.2) is 4.68 Å². The van der Waals surface area contributed by atoms with E-state index in [1.807, 2.05) is 4.90 Å². The van der Waals surface area contributed by atoms with E-state index >= 15 is 0 Å². The quantitative estimate of drug-likeness (QED) is 0.742. The van der Waals surface area contributed by atoms with Gasteiger partial charge in [-0.3, -0.25) is 14.4 Å². The summed E-state index contributed by atoms with van der Waals surface area (Å²) >= 11 is 0. The Balaban J connectivity index is 1.65. The van der Waals surface area contributed by atoms with Crippen molar-refractivity contribution < 1.29 is 9.59 Å². The molecule has 7 heteroatoms. The summed E-state index contributed by atoms with van der Waals surface area (Å²) in [6, 6.07) is 13.8. The number of aryl methyl sites for hydroxylation is 1. The molecule has 0 aliphatic carbocycles. The van der Waals surface area contributed by atoms with Crippen molar-refractivity contribution in [3.8, 4) is 0 Å². The monoisotopic (exact) mass is 390 g/mol. The summed E-state index contributed by atoms with van der Waals surface area (Å²) in [5, 5.41) is 8.03. The minimum atomic E-state index is -0.422. The van der Waals surface area contributed by atoms with Crippen molar-refractivity contribution in [3.63, 3.8) is 0 Å². The largest absolute Gasteiger partial charge is 0.339 e. The van der Waals surface area contributed by atoms with Gasteiger partial charge in [-0.1, -0.05) is 24.3 Å². The highest BCUT2D eigenvalue weighted by Gasteiger charge is 2.20. The van der Waals surface area contributed by atoms with E-state index in [0.717, 1.165) is 25.9 Å². The van der Waals surface area contributed by atoms with Gasteiger partial charge in [-0.15, -0.1) is 0 Å². The Morgan fingerprint density at radius 1 is 1.03 bits per heavy atom. The van der Waals surface area contributed by atoms with Crippen molar-refractivity contribution in [2.45, 2.75) is 26.3 Å². The second-order valence-corrected chi connectivity index (χ2v) is 7.05. The first kappa shape index (κ1) is 18.9. The lowest BCUT2D eigenvalue weighted by Gasteiger charge is -2.16. The zero-order valence-corrected chi connectivity index (χ0v) is 16.2. The van der Waals surface area contributed by atoms with Crippen LogP contribution in [0.4, 0.5) is 5.69 Å². The standard InChI is InChI=1S/C22H22N4O3/c1-2-26-22(29)18-11-4-3-10-17(18)19(24-26)20(27)23-16-9-7-8-15(14-16)21(28)25-12-5-6-13-25/h3-4,7-11,14H,2,5-6,12-13H2,1H3,(H,23,27). The third-order valence-electron chi connectivity index (χ3n) is 5.14. The van der Waals surface area contributed by atoms with Crippen LogP contribution < -0.4 is 10.9 Å². The number of anilines is 1. The van der Waals surface area contributed by atoms with E-state index in [-0.39, 0.29) is 17.2 Å². The Bertz CT molecular complexity index is 1150. The number of nitrogens with zero attached hydrogens (tertiary/aromatic N) is 3. The van der Waals surface area contributed by atoms with Crippen LogP contribution >= 0.6 is 0 Å². The summed E-state index contributed by atoms with van der Waals surface area (Å²) < 4.78 is 1.28. The summed E-state index contributed by atoms with van der Waals surface area (Å²) in [4.78, 5) is 39.9. The zero-order valence-electron chi connectivity index (χ0n) is 16.2. The van der Waals surface area contributed by atoms with E-state index in [4.69, 9.17) is 0 Å². The molecule has 0 bridgehead atoms. The van der Waals surface area contributed by atoms with Crippen LogP contribution in [0.5, 0.6) is 0 Å². The maximum atomic E-state index is 13.0. The first-order valence-electron chi connectivity index (χ1n) is 9.79. The topological polar surface area (TPSA) is 84.3 Å². The molecule has 0 radical (unpaired) electrons. The molecule has 1 aromatic heterocycles. The fraction of sp³-hybridized carbons (Fsp3) is 0.273. The zero-order chi connectivity index (χ0) is 20.4. The lowest BCUT2D eigenvalue weighted by Crippen LogP contribution is -2.28. The van der Waals surface area contributed by atoms with Crippen LogP contribution in [-0.2, 0) is 6.54 Å². The molecule has 1 saturated heterocycles. The van der Waals surface area contributed by atoms with Crippen LogP contribution in [-0.4, -0.2) is 39.6 Å². The fourth-order valence-electron chi connectivity index (χ4n) is 3.64. The molecule has 0 spiro atoms. The maximum absolute atomic E-state index is 13.0. The lowest BCUT2D eigenvalue weighted by molar-refractivity contribution is 0.0792. The van der Waals surface area contributed by atoms with Crippen LogP contribution in [0.1, 0.15) is 40.6 Å². The minimum absolute atomic E-state index is 0.0262. The highest BCUT2D eigenvalue weighted by atomic mass is 16.2. The Morgan fingerprint density at radius 3 is 2.48 bits per heavy atom. The van der Waals surface area contributed by atoms with E-state index < -0.39 is 5.91 Å². The van der Waals surface area contributed by atoms with E-state index in [0.29, 0.717) is 28.6 Å². The van der Waals surface area contributed by atoms with Crippen LogP contribution in [0, 0.1) is 0 Å². The summed E-state index contributed by atoms with van der Waals surface area (Å²) in [6.07, 6.45) is 2.04. The number of rotatable bonds is 4. The van der Waals surface area contributed by atoms with Crippen molar-refractivity contribution in [3.05, 3.63) is 70.1 Å². The summed E-state index contributed by atoms with van der Waals surface area (Å²) in [5.74, 6) is -0.448. The molecule has 7 nitrogen and oxygen atoms in total. The molecular formula is C22H22N4O3. The number of hydrogen-bond acceptors (Lipinski definition) is 4. The average Bonchev–Trinajstić information content (AvgIpc) is 3.29. The van der Waals surface area contributed by atoms with Gasteiger partial charge in [-0.05, 0) is 44.0 Å². The van der Waals surface area contributed by atoms with E-state index in [1.54, 1.807) is 55.5 Å². The van der Waals surface area contributed by atoms with Crippen LogP contribution in [0.25, 0.3) is 10.8 Å². The predicted octanol–water partition coefficient (Wildman–Crippen LogP) is 2.90. The molecule has 0 saturated carbocycles. The first-order valence-corrected chi connectivity index (χ1v) is 9.79. The number of nitrogens with one attached hydrogen (secondary N) is 1. The molecule has 2 aromatic carbocycles. The van der Waals surface area contributed by atoms with Gasteiger partial charge in [0, 0.05) is 36.3 Å². The van der Waals surface area contributed by atoms with E-state index in [2.05, 4.69) is 10.4 Å². The van der Waals surface area contributed by atoms with Crippen LogP contribution in [0.2, 0.25) is 0 Å². The Morgan fingerprint density at radius 2 is 1.76 bits per heavy atom. The Hall–Kier alpha value is -3.48. The SMILES string of the molecule is CCn1nc(C(=O)Nc2cccc(C(=O)N3CCCC3)c2)c2ccccc2c1=O. The first-order chi connectivity index (χ1) is 14.1. The molecule has 0 atom stereocenters. The molecule has 1 aliphatic rings. The molecular weight excluding hydrogens is 368 g/mol. The molecule has 148 valence electrons. The molecule has 1 N–H and O–H groups in total. The number of fused-ring (bicyclic) bond motifs is 1. The number of benzene rings is 2. The van der Waals surface area contributed by atoms with E-state index in [9.17, 15) is 14.4 Å². The van der Waals surface area contributed by atoms with Gasteiger partial charge < -0.3 is 10.2 Å². The van der Waals surface area contributed by atoms with Crippen molar-refractivity contribution >= 4 is 28.3 Å². The number of amides is 2. The predicted molar refractivity (Wildman–Crippen MR) is 111 cm³/mol. The number of carbonyl (C=O) groups is 2. The van der Waals surface area contributed by atoms with Gasteiger partial charge in [-0.2, -0.15) is 5.10 Å². The molecule has 2 heterocycles. The van der Waals surface area contributed by atoms with Crippen LogP contribution in [0.15, 0.2) is 53.3 Å². The third kappa shape index (κ3) is 3.63. The maximum Gasteiger partial charge on any atom is 0.276 e. The van der Waals surface area contributed by atoms with Gasteiger partial charge in [0.25, 0.3) is 17.4 Å². The second-order valence-electron chi connectivity index (χ2n) is 7.05. The normalized spacial score (nSPS) is 13.6. The number of hydrogen-bond donors (Lipinski definition) is 1. The van der Waals surface area contributed by atoms with Gasteiger partial charge in [0.2, 0.25) is 0 Å². The highest BCUT2D eigenvalue weighted by Crippen LogP contribution is 2.19. The molecule has 1 aliphatic heterocycles. The molecule has 2 amide bonds. The molecule has 29 heavy (non-hydrogen) atoms. The van der Waals surface area contributed by atoms with Crippen molar-refractivity contribution in [2.75, 3.05) is 18.4 Å². The lowest BCUT2D eigenvalue weighted by atomic mass is 10.1.